The lowest BCUT2D eigenvalue weighted by Gasteiger charge is -2.09. The minimum atomic E-state index is -3.73. The molecule has 0 amide bonds. The molecular formula is C10H12ClNO5S. The first-order valence-electron chi connectivity index (χ1n) is 4.90. The third-order valence-electron chi connectivity index (χ3n) is 2.03. The fraction of sp³-hybridized carbons (Fsp3) is 0.300. The van der Waals surface area contributed by atoms with Gasteiger partial charge in [0.05, 0.1) is 25.0 Å². The van der Waals surface area contributed by atoms with E-state index in [2.05, 4.69) is 9.46 Å². The average Bonchev–Trinajstić information content (AvgIpc) is 2.30. The molecule has 0 saturated carbocycles. The highest BCUT2D eigenvalue weighted by molar-refractivity contribution is 7.92. The number of sulfonamides is 1. The Labute approximate surface area is 110 Å². The summed E-state index contributed by atoms with van der Waals surface area (Å²) in [6.45, 7) is 0. The molecule has 8 heteroatoms. The molecule has 6 nitrogen and oxygen atoms in total. The largest absolute Gasteiger partial charge is 0.506 e. The SMILES string of the molecule is COC(=O)CCS(=O)(=O)Nc1ccc(Cl)cc1O. The molecule has 0 radical (unpaired) electrons. The molecule has 0 aliphatic carbocycles. The molecule has 0 bridgehead atoms. The summed E-state index contributed by atoms with van der Waals surface area (Å²) in [5.41, 5.74) is 0.00395. The molecule has 18 heavy (non-hydrogen) atoms. The van der Waals surface area contributed by atoms with Gasteiger partial charge in [-0.05, 0) is 12.1 Å². The average molecular weight is 294 g/mol. The predicted molar refractivity (Wildman–Crippen MR) is 67.2 cm³/mol. The van der Waals surface area contributed by atoms with E-state index in [4.69, 9.17) is 11.6 Å². The van der Waals surface area contributed by atoms with Crippen molar-refractivity contribution in [3.05, 3.63) is 23.2 Å². The fourth-order valence-corrected chi connectivity index (χ4v) is 2.34. The number of anilines is 1. The van der Waals surface area contributed by atoms with Crippen LogP contribution in [0.1, 0.15) is 6.42 Å². The summed E-state index contributed by atoms with van der Waals surface area (Å²) >= 11 is 5.61. The number of hydrogen-bond acceptors (Lipinski definition) is 5. The quantitative estimate of drug-likeness (QED) is 0.631. The van der Waals surface area contributed by atoms with Crippen molar-refractivity contribution in [3.8, 4) is 5.75 Å². The maximum absolute atomic E-state index is 11.6. The molecule has 0 saturated heterocycles. The van der Waals surface area contributed by atoms with E-state index in [0.717, 1.165) is 0 Å². The van der Waals surface area contributed by atoms with Gasteiger partial charge >= 0.3 is 5.97 Å². The van der Waals surface area contributed by atoms with Crippen LogP contribution in [0.4, 0.5) is 5.69 Å². The number of rotatable bonds is 5. The summed E-state index contributed by atoms with van der Waals surface area (Å²) in [7, 11) is -2.56. The second-order valence-corrected chi connectivity index (χ2v) is 5.69. The predicted octanol–water partition coefficient (Wildman–Crippen LogP) is 1.35. The number of halogens is 1. The van der Waals surface area contributed by atoms with Gasteiger partial charge in [0.1, 0.15) is 5.75 Å². The van der Waals surface area contributed by atoms with E-state index in [9.17, 15) is 18.3 Å². The van der Waals surface area contributed by atoms with E-state index in [1.807, 2.05) is 0 Å². The third-order valence-corrected chi connectivity index (χ3v) is 3.54. The van der Waals surface area contributed by atoms with Crippen LogP contribution in [-0.4, -0.2) is 32.4 Å². The van der Waals surface area contributed by atoms with Gasteiger partial charge in [-0.25, -0.2) is 8.42 Å². The van der Waals surface area contributed by atoms with Crippen molar-refractivity contribution in [1.82, 2.24) is 0 Å². The van der Waals surface area contributed by atoms with Gasteiger partial charge in [0.15, 0.2) is 0 Å². The molecule has 100 valence electrons. The summed E-state index contributed by atoms with van der Waals surface area (Å²) in [5, 5.41) is 9.76. The van der Waals surface area contributed by atoms with Crippen LogP contribution in [0, 0.1) is 0 Å². The van der Waals surface area contributed by atoms with Crippen LogP contribution in [0.5, 0.6) is 5.75 Å². The smallest absolute Gasteiger partial charge is 0.306 e. The zero-order valence-electron chi connectivity index (χ0n) is 9.51. The number of aromatic hydroxyl groups is 1. The molecule has 0 aliphatic heterocycles. The Kier molecular flexibility index (Phi) is 4.80. The highest BCUT2D eigenvalue weighted by Gasteiger charge is 2.15. The zero-order valence-corrected chi connectivity index (χ0v) is 11.1. The number of carbonyl (C=O) groups is 1. The Bertz CT molecular complexity index is 543. The van der Waals surface area contributed by atoms with E-state index < -0.39 is 21.7 Å². The molecule has 0 spiro atoms. The highest BCUT2D eigenvalue weighted by Crippen LogP contribution is 2.27. The lowest BCUT2D eigenvalue weighted by atomic mass is 10.3. The number of phenolic OH excluding ortho intramolecular Hbond substituents is 1. The Morgan fingerprint density at radius 3 is 2.72 bits per heavy atom. The van der Waals surface area contributed by atoms with Crippen LogP contribution in [0.25, 0.3) is 0 Å². The number of esters is 1. The van der Waals surface area contributed by atoms with Gasteiger partial charge in [0, 0.05) is 11.1 Å². The van der Waals surface area contributed by atoms with Gasteiger partial charge in [-0.3, -0.25) is 9.52 Å². The number of hydrogen-bond donors (Lipinski definition) is 2. The van der Waals surface area contributed by atoms with Crippen LogP contribution >= 0.6 is 11.6 Å². The number of ether oxygens (including phenoxy) is 1. The number of phenols is 1. The molecule has 0 atom stereocenters. The normalized spacial score (nSPS) is 11.0. The molecule has 2 N–H and O–H groups in total. The monoisotopic (exact) mass is 293 g/mol. The van der Waals surface area contributed by atoms with E-state index >= 15 is 0 Å². The second-order valence-electron chi connectivity index (χ2n) is 3.41. The number of benzene rings is 1. The van der Waals surface area contributed by atoms with E-state index in [1.54, 1.807) is 0 Å². The number of methoxy groups -OCH3 is 1. The third kappa shape index (κ3) is 4.42. The van der Waals surface area contributed by atoms with Crippen molar-refractivity contribution in [2.45, 2.75) is 6.42 Å². The Morgan fingerprint density at radius 2 is 2.17 bits per heavy atom. The van der Waals surface area contributed by atoms with Crippen LogP contribution in [0.15, 0.2) is 18.2 Å². The van der Waals surface area contributed by atoms with Gasteiger partial charge in [-0.15, -0.1) is 0 Å². The van der Waals surface area contributed by atoms with Crippen LogP contribution in [0.2, 0.25) is 5.02 Å². The molecule has 1 aromatic carbocycles. The summed E-state index contributed by atoms with van der Waals surface area (Å²) in [5.74, 6) is -1.34. The van der Waals surface area contributed by atoms with Gasteiger partial charge in [0.2, 0.25) is 10.0 Å². The van der Waals surface area contributed by atoms with Gasteiger partial charge in [0.25, 0.3) is 0 Å². The van der Waals surface area contributed by atoms with Gasteiger partial charge in [-0.1, -0.05) is 11.6 Å². The van der Waals surface area contributed by atoms with Crippen molar-refractivity contribution >= 4 is 33.3 Å². The lowest BCUT2D eigenvalue weighted by molar-refractivity contribution is -0.140. The van der Waals surface area contributed by atoms with E-state index in [1.165, 1.54) is 25.3 Å². The Morgan fingerprint density at radius 1 is 1.50 bits per heavy atom. The van der Waals surface area contributed by atoms with Gasteiger partial charge in [-0.2, -0.15) is 0 Å². The van der Waals surface area contributed by atoms with Crippen molar-refractivity contribution in [3.63, 3.8) is 0 Å². The molecule has 0 unspecified atom stereocenters. The van der Waals surface area contributed by atoms with Crippen LogP contribution in [-0.2, 0) is 19.6 Å². The highest BCUT2D eigenvalue weighted by atomic mass is 35.5. The molecule has 0 aromatic heterocycles. The summed E-state index contributed by atoms with van der Waals surface area (Å²) < 4.78 is 29.7. The molecule has 0 aliphatic rings. The molecule has 0 heterocycles. The van der Waals surface area contributed by atoms with Crippen molar-refractivity contribution in [2.24, 2.45) is 0 Å². The van der Waals surface area contributed by atoms with Crippen molar-refractivity contribution in [2.75, 3.05) is 17.6 Å². The molecule has 0 fully saturated rings. The molecule has 1 aromatic rings. The number of nitrogens with one attached hydrogen (secondary N) is 1. The van der Waals surface area contributed by atoms with E-state index in [-0.39, 0.29) is 22.9 Å². The van der Waals surface area contributed by atoms with Crippen molar-refractivity contribution in [1.29, 1.82) is 0 Å². The molecular weight excluding hydrogens is 282 g/mol. The standard InChI is InChI=1S/C10H12ClNO5S/c1-17-10(14)4-5-18(15,16)12-8-3-2-7(11)6-9(8)13/h2-3,6,12-13H,4-5H2,1H3. The van der Waals surface area contributed by atoms with Crippen LogP contribution in [0.3, 0.4) is 0 Å². The fourth-order valence-electron chi connectivity index (χ4n) is 1.13. The number of carbonyl (C=O) groups excluding carboxylic acids is 1. The summed E-state index contributed by atoms with van der Waals surface area (Å²) in [6.07, 6.45) is -0.264. The maximum Gasteiger partial charge on any atom is 0.306 e. The summed E-state index contributed by atoms with van der Waals surface area (Å²) in [4.78, 5) is 10.8. The first-order valence-corrected chi connectivity index (χ1v) is 6.93. The Balaban J connectivity index is 2.73. The first-order chi connectivity index (χ1) is 8.34. The zero-order chi connectivity index (χ0) is 13.8. The minimum absolute atomic E-state index is 0.00395. The first kappa shape index (κ1) is 14.6. The topological polar surface area (TPSA) is 92.7 Å². The van der Waals surface area contributed by atoms with Crippen LogP contribution < -0.4 is 4.72 Å². The van der Waals surface area contributed by atoms with Crippen molar-refractivity contribution < 1.29 is 23.1 Å². The maximum atomic E-state index is 11.6. The Hall–Kier alpha value is -1.47. The minimum Gasteiger partial charge on any atom is -0.506 e. The molecule has 1 rings (SSSR count). The van der Waals surface area contributed by atoms with E-state index in [0.29, 0.717) is 0 Å². The second kappa shape index (κ2) is 5.92. The summed E-state index contributed by atoms with van der Waals surface area (Å²) in [6, 6.07) is 3.96. The lowest BCUT2D eigenvalue weighted by Crippen LogP contribution is -2.19. The van der Waals surface area contributed by atoms with Gasteiger partial charge < -0.3 is 9.84 Å².